The number of halogens is 3. The molecule has 8 heteroatoms. The summed E-state index contributed by atoms with van der Waals surface area (Å²) < 4.78 is 52.0. The van der Waals surface area contributed by atoms with Crippen molar-refractivity contribution in [3.63, 3.8) is 0 Å². The van der Waals surface area contributed by atoms with Crippen LogP contribution in [0.25, 0.3) is 22.4 Å². The highest BCUT2D eigenvalue weighted by molar-refractivity contribution is 9.10. The molecule has 0 aliphatic rings. The first-order valence-corrected chi connectivity index (χ1v) is 9.76. The molecule has 1 heterocycles. The highest BCUT2D eigenvalue weighted by atomic mass is 79.9. The van der Waals surface area contributed by atoms with E-state index in [0.717, 1.165) is 27.7 Å². The minimum Gasteiger partial charge on any atom is -0.256 e. The van der Waals surface area contributed by atoms with Crippen molar-refractivity contribution >= 4 is 26.0 Å². The van der Waals surface area contributed by atoms with E-state index in [-0.39, 0.29) is 5.56 Å². The average Bonchev–Trinajstić information content (AvgIpc) is 2.55. The van der Waals surface area contributed by atoms with Gasteiger partial charge < -0.3 is 0 Å². The van der Waals surface area contributed by atoms with E-state index >= 15 is 0 Å². The molecule has 134 valence electrons. The van der Waals surface area contributed by atoms with Crippen LogP contribution >= 0.6 is 15.9 Å². The van der Waals surface area contributed by atoms with Gasteiger partial charge in [0, 0.05) is 21.8 Å². The van der Waals surface area contributed by atoms with Crippen molar-refractivity contribution in [1.29, 1.82) is 0 Å². The zero-order valence-electron chi connectivity index (χ0n) is 13.5. The molecule has 3 rings (SSSR count). The number of aryl methyl sites for hydroxylation is 1. The summed E-state index contributed by atoms with van der Waals surface area (Å²) >= 11 is 3.45. The molecule has 3 aromatic rings. The van der Waals surface area contributed by atoms with Crippen molar-refractivity contribution in [1.82, 2.24) is 4.98 Å². The van der Waals surface area contributed by atoms with Gasteiger partial charge >= 0.3 is 0 Å². The number of nitrogens with two attached hydrogens (primary N) is 1. The summed E-state index contributed by atoms with van der Waals surface area (Å²) in [7, 11) is -4.51. The molecular weight excluding hydrogens is 426 g/mol. The summed E-state index contributed by atoms with van der Waals surface area (Å²) in [5.41, 5.74) is 2.90. The van der Waals surface area contributed by atoms with Gasteiger partial charge in [0.05, 0.1) is 5.69 Å². The molecule has 4 nitrogen and oxygen atoms in total. The van der Waals surface area contributed by atoms with Crippen LogP contribution in [0.3, 0.4) is 0 Å². The molecule has 0 radical (unpaired) electrons. The smallest absolute Gasteiger partial charge is 0.243 e. The van der Waals surface area contributed by atoms with Crippen LogP contribution < -0.4 is 5.14 Å². The number of benzene rings is 2. The fraction of sp³-hybridized carbons (Fsp3) is 0.0556. The van der Waals surface area contributed by atoms with Crippen LogP contribution in [0, 0.1) is 18.6 Å². The molecule has 0 aliphatic heterocycles. The summed E-state index contributed by atoms with van der Waals surface area (Å²) in [5.74, 6) is -2.50. The van der Waals surface area contributed by atoms with Crippen LogP contribution in [0.5, 0.6) is 0 Å². The van der Waals surface area contributed by atoms with Gasteiger partial charge in [-0.3, -0.25) is 4.98 Å². The normalized spacial score (nSPS) is 11.6. The maximum atomic E-state index is 14.2. The van der Waals surface area contributed by atoms with Crippen molar-refractivity contribution in [2.75, 3.05) is 0 Å². The lowest BCUT2D eigenvalue weighted by Crippen LogP contribution is -2.16. The Balaban J connectivity index is 2.22. The Morgan fingerprint density at radius 1 is 1.04 bits per heavy atom. The van der Waals surface area contributed by atoms with E-state index in [0.29, 0.717) is 11.3 Å². The molecule has 26 heavy (non-hydrogen) atoms. The van der Waals surface area contributed by atoms with E-state index in [2.05, 4.69) is 20.9 Å². The second kappa shape index (κ2) is 6.86. The summed E-state index contributed by atoms with van der Waals surface area (Å²) in [4.78, 5) is 3.17. The van der Waals surface area contributed by atoms with Crippen molar-refractivity contribution in [3.8, 4) is 22.4 Å². The monoisotopic (exact) mass is 438 g/mol. The average molecular weight is 439 g/mol. The number of nitrogens with zero attached hydrogens (tertiary/aromatic N) is 1. The van der Waals surface area contributed by atoms with Crippen molar-refractivity contribution in [2.45, 2.75) is 11.8 Å². The summed E-state index contributed by atoms with van der Waals surface area (Å²) in [5, 5.41) is 4.87. The van der Waals surface area contributed by atoms with E-state index in [9.17, 15) is 17.2 Å². The second-order valence-electron chi connectivity index (χ2n) is 5.68. The van der Waals surface area contributed by atoms with Gasteiger partial charge in [0.1, 0.15) is 11.6 Å². The molecule has 0 aliphatic carbocycles. The van der Waals surface area contributed by atoms with Crippen molar-refractivity contribution in [2.24, 2.45) is 5.14 Å². The second-order valence-corrected chi connectivity index (χ2v) is 8.03. The Hall–Kier alpha value is -2.16. The number of aromatic nitrogens is 1. The fourth-order valence-corrected chi connectivity index (χ4v) is 3.64. The zero-order valence-corrected chi connectivity index (χ0v) is 15.9. The predicted molar refractivity (Wildman–Crippen MR) is 98.8 cm³/mol. The van der Waals surface area contributed by atoms with Gasteiger partial charge in [0.15, 0.2) is 4.90 Å². The van der Waals surface area contributed by atoms with Crippen LogP contribution in [0.2, 0.25) is 0 Å². The van der Waals surface area contributed by atoms with Crippen LogP contribution in [0.15, 0.2) is 58.0 Å². The highest BCUT2D eigenvalue weighted by Crippen LogP contribution is 2.34. The SMILES string of the molecule is Cc1ccc(-c2ncccc2-c2cc(F)c(S(N)(=O)=O)c(F)c2)cc1Br. The van der Waals surface area contributed by atoms with Gasteiger partial charge in [-0.05, 0) is 42.3 Å². The Labute approximate surface area is 157 Å². The van der Waals surface area contributed by atoms with E-state index < -0.39 is 26.6 Å². The Bertz CT molecular complexity index is 1090. The Morgan fingerprint density at radius 3 is 2.27 bits per heavy atom. The molecule has 2 aromatic carbocycles. The first kappa shape index (κ1) is 18.6. The molecule has 0 spiro atoms. The number of rotatable bonds is 3. The van der Waals surface area contributed by atoms with Gasteiger partial charge in [0.25, 0.3) is 0 Å². The van der Waals surface area contributed by atoms with Gasteiger partial charge in [0.2, 0.25) is 10.0 Å². The molecule has 0 saturated carbocycles. The maximum absolute atomic E-state index is 14.2. The molecule has 0 amide bonds. The Morgan fingerprint density at radius 2 is 1.69 bits per heavy atom. The van der Waals surface area contributed by atoms with Gasteiger partial charge in [-0.25, -0.2) is 22.3 Å². The molecule has 0 atom stereocenters. The van der Waals surface area contributed by atoms with Crippen LogP contribution in [0.1, 0.15) is 5.56 Å². The minimum absolute atomic E-state index is 0.159. The van der Waals surface area contributed by atoms with Crippen molar-refractivity contribution in [3.05, 3.63) is 70.3 Å². The summed E-state index contributed by atoms with van der Waals surface area (Å²) in [6.45, 7) is 1.93. The molecule has 0 bridgehead atoms. The predicted octanol–water partition coefficient (Wildman–Crippen LogP) is 4.41. The molecule has 2 N–H and O–H groups in total. The largest absolute Gasteiger partial charge is 0.256 e. The first-order valence-electron chi connectivity index (χ1n) is 7.42. The third-order valence-corrected chi connectivity index (χ3v) is 5.66. The third-order valence-electron chi connectivity index (χ3n) is 3.85. The quantitative estimate of drug-likeness (QED) is 0.657. The van der Waals surface area contributed by atoms with Gasteiger partial charge in [-0.15, -0.1) is 0 Å². The molecule has 1 aromatic heterocycles. The molecular formula is C18H13BrF2N2O2S. The first-order chi connectivity index (χ1) is 12.2. The maximum Gasteiger partial charge on any atom is 0.243 e. The number of hydrogen-bond donors (Lipinski definition) is 1. The molecule has 0 saturated heterocycles. The lowest BCUT2D eigenvalue weighted by atomic mass is 9.98. The number of primary sulfonamides is 1. The lowest BCUT2D eigenvalue weighted by molar-refractivity contribution is 0.520. The topological polar surface area (TPSA) is 73.0 Å². The zero-order chi connectivity index (χ0) is 19.1. The van der Waals surface area contributed by atoms with E-state index in [4.69, 9.17) is 5.14 Å². The van der Waals surface area contributed by atoms with E-state index in [1.165, 1.54) is 0 Å². The van der Waals surface area contributed by atoms with Gasteiger partial charge in [-0.2, -0.15) is 0 Å². The fourth-order valence-electron chi connectivity index (χ4n) is 2.60. The van der Waals surface area contributed by atoms with Gasteiger partial charge in [-0.1, -0.05) is 34.1 Å². The molecule has 0 unspecified atom stereocenters. The highest BCUT2D eigenvalue weighted by Gasteiger charge is 2.22. The van der Waals surface area contributed by atoms with Crippen LogP contribution in [-0.4, -0.2) is 13.4 Å². The molecule has 0 fully saturated rings. The van der Waals surface area contributed by atoms with E-state index in [1.807, 2.05) is 25.1 Å². The Kier molecular flexibility index (Phi) is 4.92. The van der Waals surface area contributed by atoms with E-state index in [1.54, 1.807) is 18.3 Å². The summed E-state index contributed by atoms with van der Waals surface area (Å²) in [6, 6.07) is 10.7. The third kappa shape index (κ3) is 3.53. The minimum atomic E-state index is -4.51. The summed E-state index contributed by atoms with van der Waals surface area (Å²) in [6.07, 6.45) is 1.57. The number of pyridine rings is 1. The van der Waals surface area contributed by atoms with Crippen LogP contribution in [0.4, 0.5) is 8.78 Å². The number of sulfonamides is 1. The lowest BCUT2D eigenvalue weighted by Gasteiger charge is -2.12. The standard InChI is InChI=1S/C18H13BrF2N2O2S/c1-10-4-5-11(7-14(10)19)17-13(3-2-6-23-17)12-8-15(20)18(16(21)9-12)26(22,24)25/h2-9H,1H3,(H2,22,24,25). The number of hydrogen-bond acceptors (Lipinski definition) is 3. The van der Waals surface area contributed by atoms with Crippen molar-refractivity contribution < 1.29 is 17.2 Å². The van der Waals surface area contributed by atoms with Crippen LogP contribution in [-0.2, 0) is 10.0 Å².